The molecule has 202 valence electrons. The minimum Gasteiger partial charge on any atom is -0.480 e. The van der Waals surface area contributed by atoms with Crippen LogP contribution in [0.25, 0.3) is 10.9 Å². The maximum atomic E-state index is 12.8. The van der Waals surface area contributed by atoms with Gasteiger partial charge in [0.1, 0.15) is 11.7 Å². The molecule has 1 heterocycles. The number of hydrogen-bond acceptors (Lipinski definition) is 3. The molecule has 0 aliphatic rings. The lowest BCUT2D eigenvalue weighted by Crippen LogP contribution is -2.46. The first kappa shape index (κ1) is 30.3. The highest BCUT2D eigenvalue weighted by molar-refractivity contribution is 7.53. The lowest BCUT2D eigenvalue weighted by molar-refractivity contribution is -0.141. The van der Waals surface area contributed by atoms with Gasteiger partial charge in [0, 0.05) is 23.5 Å². The molecule has 5 N–H and O–H groups in total. The van der Waals surface area contributed by atoms with E-state index in [9.17, 15) is 29.0 Å². The van der Waals surface area contributed by atoms with E-state index in [1.165, 1.54) is 11.1 Å². The number of carbonyl (C=O) groups is 2. The van der Waals surface area contributed by atoms with Crippen molar-refractivity contribution < 1.29 is 29.0 Å². The topological polar surface area (TPSA) is 140 Å². The van der Waals surface area contributed by atoms with E-state index in [2.05, 4.69) is 43.2 Å². The molecule has 0 bridgehead atoms. The molecule has 0 saturated heterocycles. The Labute approximate surface area is 218 Å². The third kappa shape index (κ3) is 10.2. The molecule has 2 rings (SSSR count). The summed E-state index contributed by atoms with van der Waals surface area (Å²) in [6.07, 6.45) is 11.0. The Morgan fingerprint density at radius 3 is 2.24 bits per heavy atom. The molecule has 2 aromatic rings. The van der Waals surface area contributed by atoms with Crippen LogP contribution in [0.15, 0.2) is 65.4 Å². The van der Waals surface area contributed by atoms with Gasteiger partial charge in [0.25, 0.3) is 0 Å². The first-order valence-electron chi connectivity index (χ1n) is 12.5. The molecule has 9 heteroatoms. The van der Waals surface area contributed by atoms with Crippen molar-refractivity contribution in [1.82, 2.24) is 10.3 Å². The highest BCUT2D eigenvalue weighted by atomic mass is 31.2. The average molecular weight is 531 g/mol. The number of carboxylic acid groups (broad SMARTS) is 1. The molecule has 0 fully saturated rings. The summed E-state index contributed by atoms with van der Waals surface area (Å²) in [4.78, 5) is 47.4. The summed E-state index contributed by atoms with van der Waals surface area (Å²) in [6.45, 7) is 8.09. The summed E-state index contributed by atoms with van der Waals surface area (Å²) >= 11 is 0. The fraction of sp³-hybridized carbons (Fsp3) is 0.429. The lowest BCUT2D eigenvalue weighted by atomic mass is 10.0. The van der Waals surface area contributed by atoms with E-state index in [1.807, 2.05) is 31.2 Å². The fourth-order valence-corrected chi connectivity index (χ4v) is 4.80. The summed E-state index contributed by atoms with van der Waals surface area (Å²) in [5.41, 5.74) is 3.35. The molecule has 1 aromatic heterocycles. The number of benzene rings is 1. The van der Waals surface area contributed by atoms with Crippen LogP contribution in [-0.2, 0) is 20.6 Å². The van der Waals surface area contributed by atoms with E-state index < -0.39 is 31.2 Å². The zero-order chi connectivity index (χ0) is 27.6. The zero-order valence-corrected chi connectivity index (χ0v) is 22.9. The number of aromatic nitrogens is 1. The smallest absolute Gasteiger partial charge is 0.338 e. The number of fused-ring (bicyclic) bond motifs is 1. The number of amides is 1. The second-order valence-electron chi connectivity index (χ2n) is 9.76. The Morgan fingerprint density at radius 2 is 1.62 bits per heavy atom. The number of carbonyl (C=O) groups excluding carboxylic acids is 1. The molecule has 2 atom stereocenters. The van der Waals surface area contributed by atoms with Gasteiger partial charge in [-0.1, -0.05) is 53.1 Å². The summed E-state index contributed by atoms with van der Waals surface area (Å²) in [5.74, 6) is -2.25. The molecule has 0 aliphatic carbocycles. The van der Waals surface area contributed by atoms with Gasteiger partial charge in [0.15, 0.2) is 0 Å². The number of para-hydroxylation sites is 1. The molecule has 8 nitrogen and oxygen atoms in total. The molecule has 0 saturated carbocycles. The van der Waals surface area contributed by atoms with Crippen LogP contribution in [0.3, 0.4) is 0 Å². The number of aromatic amines is 1. The van der Waals surface area contributed by atoms with Crippen molar-refractivity contribution in [3.8, 4) is 0 Å². The molecule has 1 aromatic carbocycles. The van der Waals surface area contributed by atoms with Crippen molar-refractivity contribution in [3.63, 3.8) is 0 Å². The molecule has 0 radical (unpaired) electrons. The van der Waals surface area contributed by atoms with E-state index in [4.69, 9.17) is 0 Å². The molecule has 0 aliphatic heterocycles. The summed E-state index contributed by atoms with van der Waals surface area (Å²) < 4.78 is 12.1. The Hall–Kier alpha value is -2.93. The van der Waals surface area contributed by atoms with E-state index in [-0.39, 0.29) is 12.8 Å². The number of nitrogens with one attached hydrogen (secondary N) is 2. The third-order valence-electron chi connectivity index (χ3n) is 6.23. The van der Waals surface area contributed by atoms with Crippen molar-refractivity contribution in [2.24, 2.45) is 0 Å². The molecule has 0 spiro atoms. The van der Waals surface area contributed by atoms with Crippen molar-refractivity contribution in [1.29, 1.82) is 0 Å². The molecular formula is C28H39N2O6P. The quantitative estimate of drug-likeness (QED) is 0.158. The van der Waals surface area contributed by atoms with E-state index in [0.717, 1.165) is 35.7 Å². The van der Waals surface area contributed by atoms with Crippen LogP contribution in [-0.4, -0.2) is 43.5 Å². The lowest BCUT2D eigenvalue weighted by Gasteiger charge is -2.20. The van der Waals surface area contributed by atoms with Gasteiger partial charge in [0.2, 0.25) is 5.91 Å². The van der Waals surface area contributed by atoms with Crippen LogP contribution in [0.1, 0.15) is 65.4 Å². The van der Waals surface area contributed by atoms with Gasteiger partial charge in [-0.2, -0.15) is 0 Å². The molecule has 37 heavy (non-hydrogen) atoms. The molecule has 1 amide bonds. The van der Waals surface area contributed by atoms with Crippen molar-refractivity contribution in [2.75, 3.05) is 0 Å². The van der Waals surface area contributed by atoms with Crippen LogP contribution in [0.5, 0.6) is 0 Å². The largest absolute Gasteiger partial charge is 0.480 e. The standard InChI is InChI=1S/C28H39N2O6P/c1-19(2)9-7-10-20(3)11-8-12-21(4)15-16-26(37(34,35)36)27(31)30-25(28(32)33)17-22-18-29-24-14-6-5-13-23(22)24/h5-6,9,11,13-15,18,25-26,29H,7-8,10,12,16-17H2,1-4H3,(H,30,31)(H,32,33)(H2,34,35,36)/t25-,26?/m0/s1. The Balaban J connectivity index is 2.02. The van der Waals surface area contributed by atoms with Gasteiger partial charge in [-0.15, -0.1) is 0 Å². The molecular weight excluding hydrogens is 491 g/mol. The predicted molar refractivity (Wildman–Crippen MR) is 147 cm³/mol. The first-order chi connectivity index (χ1) is 17.4. The summed E-state index contributed by atoms with van der Waals surface area (Å²) in [7, 11) is -4.82. The SMILES string of the molecule is CC(C)=CCCC(C)=CCCC(C)=CCC(C(=O)N[C@@H](Cc1c[nH]c2ccccc12)C(=O)O)P(=O)(O)O. The van der Waals surface area contributed by atoms with Gasteiger partial charge in [-0.3, -0.25) is 9.36 Å². The monoisotopic (exact) mass is 530 g/mol. The number of rotatable bonds is 14. The minimum atomic E-state index is -4.82. The fourth-order valence-electron chi connectivity index (χ4n) is 4.04. The number of allylic oxidation sites excluding steroid dienone is 6. The third-order valence-corrected chi connectivity index (χ3v) is 7.49. The van der Waals surface area contributed by atoms with E-state index in [0.29, 0.717) is 12.0 Å². The maximum absolute atomic E-state index is 12.8. The second-order valence-corrected chi connectivity index (χ2v) is 11.6. The number of H-pyrrole nitrogens is 1. The highest BCUT2D eigenvalue weighted by Crippen LogP contribution is 2.43. The average Bonchev–Trinajstić information content (AvgIpc) is 3.20. The number of hydrogen-bond donors (Lipinski definition) is 5. The van der Waals surface area contributed by atoms with Gasteiger partial charge >= 0.3 is 13.6 Å². The van der Waals surface area contributed by atoms with Crippen molar-refractivity contribution >= 4 is 30.4 Å². The van der Waals surface area contributed by atoms with Crippen LogP contribution in [0, 0.1) is 0 Å². The van der Waals surface area contributed by atoms with Gasteiger partial charge < -0.3 is 25.2 Å². The van der Waals surface area contributed by atoms with Crippen LogP contribution in [0.4, 0.5) is 0 Å². The highest BCUT2D eigenvalue weighted by Gasteiger charge is 2.36. The molecule has 1 unspecified atom stereocenters. The number of aliphatic carboxylic acids is 1. The second kappa shape index (κ2) is 14.1. The van der Waals surface area contributed by atoms with Crippen LogP contribution in [0.2, 0.25) is 0 Å². The summed E-state index contributed by atoms with van der Waals surface area (Å²) in [5, 5.41) is 12.9. The van der Waals surface area contributed by atoms with Crippen molar-refractivity contribution in [2.45, 2.75) is 77.9 Å². The van der Waals surface area contributed by atoms with E-state index in [1.54, 1.807) is 12.3 Å². The normalized spacial score (nSPS) is 14.3. The van der Waals surface area contributed by atoms with Gasteiger partial charge in [-0.25, -0.2) is 4.79 Å². The Morgan fingerprint density at radius 1 is 1.00 bits per heavy atom. The Bertz CT molecular complexity index is 1220. The number of carboxylic acids is 1. The first-order valence-corrected chi connectivity index (χ1v) is 14.1. The van der Waals surface area contributed by atoms with E-state index >= 15 is 0 Å². The van der Waals surface area contributed by atoms with Crippen LogP contribution >= 0.6 is 7.60 Å². The minimum absolute atomic E-state index is 0.0207. The van der Waals surface area contributed by atoms with Gasteiger partial charge in [-0.05, 0) is 71.4 Å². The predicted octanol–water partition coefficient (Wildman–Crippen LogP) is 5.64. The van der Waals surface area contributed by atoms with Crippen molar-refractivity contribution in [3.05, 3.63) is 71.0 Å². The maximum Gasteiger partial charge on any atom is 0.338 e. The van der Waals surface area contributed by atoms with Gasteiger partial charge in [0.05, 0.1) is 0 Å². The van der Waals surface area contributed by atoms with Crippen LogP contribution < -0.4 is 5.32 Å². The Kier molecular flexibility index (Phi) is 11.6. The zero-order valence-electron chi connectivity index (χ0n) is 22.0. The summed E-state index contributed by atoms with van der Waals surface area (Å²) in [6, 6.07) is 6.04.